The molecule has 23 heavy (non-hydrogen) atoms. The molecule has 0 aliphatic carbocycles. The Kier molecular flexibility index (Phi) is 5.60. The molecule has 0 radical (unpaired) electrons. The Labute approximate surface area is 149 Å². The van der Waals surface area contributed by atoms with Crippen LogP contribution >= 0.6 is 22.6 Å². The van der Waals surface area contributed by atoms with E-state index in [1.165, 1.54) is 0 Å². The van der Waals surface area contributed by atoms with Crippen molar-refractivity contribution < 1.29 is 25.8 Å². The number of halogens is 4. The third kappa shape index (κ3) is 4.22. The van der Waals surface area contributed by atoms with Crippen LogP contribution in [0.25, 0.3) is 0 Å². The first-order valence-corrected chi connectivity index (χ1v) is 12.3. The molecule has 0 amide bonds. The SMILES string of the molecule is Cc1cc(I)c(OS(=O)(=O)C(F)(F)F)c([Si](C)(C)C(C)(C)C)c1. The van der Waals surface area contributed by atoms with E-state index in [1.807, 2.05) is 63.4 Å². The molecule has 1 aromatic carbocycles. The summed E-state index contributed by atoms with van der Waals surface area (Å²) in [5, 5.41) is 0.381. The van der Waals surface area contributed by atoms with E-state index in [9.17, 15) is 21.6 Å². The lowest BCUT2D eigenvalue weighted by Crippen LogP contribution is -2.50. The van der Waals surface area contributed by atoms with Crippen molar-refractivity contribution in [2.75, 3.05) is 0 Å². The summed E-state index contributed by atoms with van der Waals surface area (Å²) in [4.78, 5) is 0. The summed E-state index contributed by atoms with van der Waals surface area (Å²) in [6, 6.07) is 3.35. The maximum atomic E-state index is 12.7. The van der Waals surface area contributed by atoms with Crippen molar-refractivity contribution in [2.45, 2.75) is 51.3 Å². The topological polar surface area (TPSA) is 43.4 Å². The minimum atomic E-state index is -5.70. The van der Waals surface area contributed by atoms with Gasteiger partial charge in [0.25, 0.3) is 0 Å². The van der Waals surface area contributed by atoms with Crippen LogP contribution < -0.4 is 9.37 Å². The third-order valence-electron chi connectivity index (χ3n) is 4.21. The minimum Gasteiger partial charge on any atom is -0.375 e. The maximum Gasteiger partial charge on any atom is 0.534 e. The Morgan fingerprint density at radius 1 is 1.13 bits per heavy atom. The summed E-state index contributed by atoms with van der Waals surface area (Å²) in [6.45, 7) is 11.8. The molecule has 0 saturated carbocycles. The summed E-state index contributed by atoms with van der Waals surface area (Å²) >= 11 is 1.81. The highest BCUT2D eigenvalue weighted by molar-refractivity contribution is 14.1. The van der Waals surface area contributed by atoms with Gasteiger partial charge in [-0.15, -0.1) is 0 Å². The molecule has 3 nitrogen and oxygen atoms in total. The van der Waals surface area contributed by atoms with Gasteiger partial charge in [-0.1, -0.05) is 39.9 Å². The zero-order valence-electron chi connectivity index (χ0n) is 13.8. The number of alkyl halides is 3. The van der Waals surface area contributed by atoms with Gasteiger partial charge in [-0.25, -0.2) is 0 Å². The van der Waals surface area contributed by atoms with Crippen LogP contribution in [0.5, 0.6) is 5.75 Å². The van der Waals surface area contributed by atoms with E-state index < -0.39 is 23.7 Å². The van der Waals surface area contributed by atoms with Gasteiger partial charge in [0.2, 0.25) is 0 Å². The van der Waals surface area contributed by atoms with Gasteiger partial charge < -0.3 is 4.18 Å². The number of hydrogen-bond donors (Lipinski definition) is 0. The van der Waals surface area contributed by atoms with Gasteiger partial charge in [0.15, 0.2) is 5.75 Å². The first kappa shape index (κ1) is 20.8. The van der Waals surface area contributed by atoms with Gasteiger partial charge in [0, 0.05) is 0 Å². The molecule has 9 heteroatoms. The van der Waals surface area contributed by atoms with Crippen LogP contribution in [0.1, 0.15) is 26.3 Å². The van der Waals surface area contributed by atoms with Crippen LogP contribution in [-0.4, -0.2) is 22.0 Å². The van der Waals surface area contributed by atoms with Crippen molar-refractivity contribution in [2.24, 2.45) is 0 Å². The largest absolute Gasteiger partial charge is 0.534 e. The molecule has 1 rings (SSSR count). The summed E-state index contributed by atoms with van der Waals surface area (Å²) in [5.74, 6) is -0.194. The van der Waals surface area contributed by atoms with Gasteiger partial charge in [-0.3, -0.25) is 0 Å². The van der Waals surface area contributed by atoms with E-state index in [0.717, 1.165) is 5.56 Å². The van der Waals surface area contributed by atoms with Gasteiger partial charge in [0.05, 0.1) is 11.6 Å². The van der Waals surface area contributed by atoms with E-state index in [0.29, 0.717) is 8.76 Å². The van der Waals surface area contributed by atoms with Crippen molar-refractivity contribution in [3.63, 3.8) is 0 Å². The number of benzene rings is 1. The lowest BCUT2D eigenvalue weighted by atomic mass is 10.2. The van der Waals surface area contributed by atoms with Crippen LogP contribution in [0.2, 0.25) is 18.1 Å². The highest BCUT2D eigenvalue weighted by Crippen LogP contribution is 2.39. The standard InChI is InChI=1S/C14H20F3IO3SSi/c1-9-7-10(18)12(21-22(19,20)14(15,16)17)11(8-9)23(5,6)13(2,3)4/h7-8H,1-6H3. The molecule has 0 heterocycles. The lowest BCUT2D eigenvalue weighted by Gasteiger charge is -2.38. The number of hydrogen-bond acceptors (Lipinski definition) is 3. The second kappa shape index (κ2) is 6.21. The summed E-state index contributed by atoms with van der Waals surface area (Å²) in [5.41, 5.74) is -4.60. The van der Waals surface area contributed by atoms with E-state index >= 15 is 0 Å². The molecule has 0 fully saturated rings. The molecule has 0 aliphatic rings. The molecule has 0 saturated heterocycles. The highest BCUT2D eigenvalue weighted by Gasteiger charge is 2.50. The lowest BCUT2D eigenvalue weighted by molar-refractivity contribution is -0.0500. The van der Waals surface area contributed by atoms with Crippen molar-refractivity contribution >= 4 is 46.0 Å². The molecule has 0 N–H and O–H groups in total. The number of aryl methyl sites for hydroxylation is 1. The van der Waals surface area contributed by atoms with Crippen molar-refractivity contribution in [1.82, 2.24) is 0 Å². The van der Waals surface area contributed by atoms with Crippen LogP contribution in [0, 0.1) is 10.5 Å². The van der Waals surface area contributed by atoms with E-state index in [1.54, 1.807) is 12.1 Å². The molecular formula is C14H20F3IO3SSi. The van der Waals surface area contributed by atoms with Crippen molar-refractivity contribution in [3.8, 4) is 5.75 Å². The molecule has 0 aliphatic heterocycles. The zero-order valence-corrected chi connectivity index (χ0v) is 17.8. The quantitative estimate of drug-likeness (QED) is 0.276. The van der Waals surface area contributed by atoms with Crippen LogP contribution in [-0.2, 0) is 10.1 Å². The smallest absolute Gasteiger partial charge is 0.375 e. The summed E-state index contributed by atoms with van der Waals surface area (Å²) < 4.78 is 65.9. The first-order valence-electron chi connectivity index (χ1n) is 6.82. The molecule has 0 unspecified atom stereocenters. The second-order valence-electron chi connectivity index (χ2n) is 6.98. The fraction of sp³-hybridized carbons (Fsp3) is 0.571. The summed E-state index contributed by atoms with van der Waals surface area (Å²) in [7, 11) is -8.01. The Morgan fingerprint density at radius 2 is 1.61 bits per heavy atom. The van der Waals surface area contributed by atoms with E-state index in [2.05, 4.69) is 4.18 Å². The molecule has 1 aromatic rings. The Morgan fingerprint density at radius 3 is 2.00 bits per heavy atom. The minimum absolute atomic E-state index is 0.190. The Hall–Kier alpha value is -0.293. The Bertz CT molecular complexity index is 707. The second-order valence-corrected chi connectivity index (χ2v) is 15.0. The van der Waals surface area contributed by atoms with Gasteiger partial charge in [-0.05, 0) is 51.4 Å². The average Bonchev–Trinajstić information content (AvgIpc) is 2.29. The van der Waals surface area contributed by atoms with Crippen molar-refractivity contribution in [1.29, 1.82) is 0 Å². The summed E-state index contributed by atoms with van der Waals surface area (Å²) in [6.07, 6.45) is 0. The van der Waals surface area contributed by atoms with E-state index in [-0.39, 0.29) is 10.8 Å². The predicted octanol–water partition coefficient (Wildman–Crippen LogP) is 4.54. The van der Waals surface area contributed by atoms with Gasteiger partial charge in [-0.2, -0.15) is 21.6 Å². The van der Waals surface area contributed by atoms with Crippen LogP contribution in [0.3, 0.4) is 0 Å². The zero-order chi connectivity index (χ0) is 18.4. The monoisotopic (exact) mass is 480 g/mol. The van der Waals surface area contributed by atoms with Crippen LogP contribution in [0.4, 0.5) is 13.2 Å². The molecule has 132 valence electrons. The third-order valence-corrected chi connectivity index (χ3v) is 11.4. The van der Waals surface area contributed by atoms with Gasteiger partial charge >= 0.3 is 15.6 Å². The highest BCUT2D eigenvalue weighted by atomic mass is 127. The number of rotatable bonds is 3. The normalized spacial score (nSPS) is 14.0. The fourth-order valence-electron chi connectivity index (χ4n) is 1.84. The van der Waals surface area contributed by atoms with E-state index in [4.69, 9.17) is 0 Å². The average molecular weight is 480 g/mol. The molecule has 0 bridgehead atoms. The van der Waals surface area contributed by atoms with Crippen molar-refractivity contribution in [3.05, 3.63) is 21.3 Å². The fourth-order valence-corrected chi connectivity index (χ4v) is 5.85. The Balaban J connectivity index is 3.63. The molecule has 0 aromatic heterocycles. The van der Waals surface area contributed by atoms with Gasteiger partial charge in [0.1, 0.15) is 0 Å². The first-order chi connectivity index (χ1) is 10.0. The molecular weight excluding hydrogens is 460 g/mol. The molecule has 0 spiro atoms. The maximum absolute atomic E-state index is 12.7. The predicted molar refractivity (Wildman–Crippen MR) is 96.3 cm³/mol. The van der Waals surface area contributed by atoms with Crippen LogP contribution in [0.15, 0.2) is 12.1 Å². The molecule has 0 atom stereocenters.